The van der Waals surface area contributed by atoms with Crippen molar-refractivity contribution in [3.05, 3.63) is 66.3 Å². The number of rotatable bonds is 1. The number of aromatic nitrogens is 5. The molecular weight excluding hydrogens is 336 g/mol. The van der Waals surface area contributed by atoms with Gasteiger partial charge in [-0.05, 0) is 35.8 Å². The Morgan fingerprint density at radius 2 is 2.24 bits per heavy atom. The zero-order valence-corrected chi connectivity index (χ0v) is 14.0. The molecule has 0 amide bonds. The van der Waals surface area contributed by atoms with Gasteiger partial charge in [0, 0.05) is 29.7 Å². The zero-order chi connectivity index (χ0) is 17.6. The van der Waals surface area contributed by atoms with Crippen LogP contribution < -0.4 is 16.1 Å². The molecule has 7 nitrogen and oxygen atoms in total. The molecule has 3 aromatic heterocycles. The summed E-state index contributed by atoms with van der Waals surface area (Å²) in [6, 6.07) is 7.64. The lowest BCUT2D eigenvalue weighted by atomic mass is 10.1. The van der Waals surface area contributed by atoms with Gasteiger partial charge in [-0.3, -0.25) is 15.0 Å². The molecule has 0 atom stereocenters. The maximum absolute atomic E-state index is 12.3. The van der Waals surface area contributed by atoms with E-state index in [1.54, 1.807) is 12.1 Å². The van der Waals surface area contributed by atoms with Crippen molar-refractivity contribution in [1.82, 2.24) is 24.4 Å². The minimum Gasteiger partial charge on any atom is -0.350 e. The van der Waals surface area contributed by atoms with Gasteiger partial charge < -0.3 is 4.57 Å². The van der Waals surface area contributed by atoms with Gasteiger partial charge in [0.1, 0.15) is 9.88 Å². The molecule has 0 saturated heterocycles. The minimum absolute atomic E-state index is 0.240. The molecular formula is C17H12N6OS. The molecule has 3 heterocycles. The molecule has 0 aliphatic carbocycles. The SMILES string of the molecule is C=c1nns/c1=c1\[nH][nH]c(=O)\c1=C/c1cn(C)c2ccc(C#N)cc12. The fourth-order valence-corrected chi connectivity index (χ4v) is 3.46. The van der Waals surface area contributed by atoms with Crippen molar-refractivity contribution in [1.29, 1.82) is 5.26 Å². The van der Waals surface area contributed by atoms with Crippen molar-refractivity contribution in [2.24, 2.45) is 7.05 Å². The van der Waals surface area contributed by atoms with Crippen molar-refractivity contribution in [2.75, 3.05) is 0 Å². The van der Waals surface area contributed by atoms with E-state index in [1.807, 2.05) is 29.9 Å². The largest absolute Gasteiger partial charge is 0.350 e. The first-order valence-electron chi connectivity index (χ1n) is 7.37. The van der Waals surface area contributed by atoms with E-state index < -0.39 is 0 Å². The summed E-state index contributed by atoms with van der Waals surface area (Å²) in [7, 11) is 1.93. The van der Waals surface area contributed by atoms with Crippen LogP contribution in [0.4, 0.5) is 0 Å². The van der Waals surface area contributed by atoms with E-state index >= 15 is 0 Å². The maximum atomic E-state index is 12.3. The summed E-state index contributed by atoms with van der Waals surface area (Å²) in [6.07, 6.45) is 3.73. The molecule has 0 aliphatic heterocycles. The summed E-state index contributed by atoms with van der Waals surface area (Å²) in [5.74, 6) is 0. The van der Waals surface area contributed by atoms with Crippen molar-refractivity contribution in [3.8, 4) is 6.07 Å². The van der Waals surface area contributed by atoms with Crippen LogP contribution in [0.25, 0.3) is 23.6 Å². The summed E-state index contributed by atoms with van der Waals surface area (Å²) in [4.78, 5) is 12.3. The third-order valence-electron chi connectivity index (χ3n) is 4.05. The number of nitrogens with one attached hydrogen (secondary N) is 2. The fraction of sp³-hybridized carbons (Fsp3) is 0.0588. The number of nitriles is 1. The predicted molar refractivity (Wildman–Crippen MR) is 95.0 cm³/mol. The van der Waals surface area contributed by atoms with Crippen LogP contribution in [0, 0.1) is 21.2 Å². The molecule has 122 valence electrons. The molecule has 0 saturated carbocycles. The number of aromatic amines is 2. The molecule has 0 spiro atoms. The highest BCUT2D eigenvalue weighted by atomic mass is 32.1. The van der Waals surface area contributed by atoms with Gasteiger partial charge in [-0.1, -0.05) is 11.1 Å². The van der Waals surface area contributed by atoms with Crippen molar-refractivity contribution >= 4 is 35.1 Å². The molecule has 1 aromatic carbocycles. The number of hydrogen-bond donors (Lipinski definition) is 2. The number of H-pyrrole nitrogens is 2. The normalized spacial score (nSPS) is 13.4. The molecule has 0 unspecified atom stereocenters. The van der Waals surface area contributed by atoms with Crippen LogP contribution in [-0.4, -0.2) is 24.4 Å². The first kappa shape index (κ1) is 15.1. The monoisotopic (exact) mass is 348 g/mol. The standard InChI is InChI=1S/C17H12N6OS/c1-9-16(25-22-19-9)15-13(17(24)21-20-15)6-11-8-23(2)14-4-3-10(7-18)5-12(11)14/h3-6,8,20H,1H2,2H3,(H,21,24)/b13-6-,16-15-. The van der Waals surface area contributed by atoms with Gasteiger partial charge in [-0.15, -0.1) is 5.10 Å². The van der Waals surface area contributed by atoms with E-state index in [-0.39, 0.29) is 5.56 Å². The Morgan fingerprint density at radius 1 is 1.40 bits per heavy atom. The number of aryl methyl sites for hydroxylation is 1. The molecule has 0 fully saturated rings. The third-order valence-corrected chi connectivity index (χ3v) is 4.83. The number of benzene rings is 1. The van der Waals surface area contributed by atoms with Gasteiger partial charge >= 0.3 is 0 Å². The summed E-state index contributed by atoms with van der Waals surface area (Å²) in [5, 5.41) is 21.0. The first-order chi connectivity index (χ1) is 12.1. The van der Waals surface area contributed by atoms with Crippen molar-refractivity contribution in [2.45, 2.75) is 0 Å². The van der Waals surface area contributed by atoms with E-state index in [4.69, 9.17) is 5.26 Å². The molecule has 0 aliphatic rings. The van der Waals surface area contributed by atoms with E-state index in [9.17, 15) is 4.79 Å². The van der Waals surface area contributed by atoms with Gasteiger partial charge in [0.2, 0.25) is 0 Å². The highest BCUT2D eigenvalue weighted by molar-refractivity contribution is 7.03. The second-order valence-electron chi connectivity index (χ2n) is 5.60. The van der Waals surface area contributed by atoms with Gasteiger partial charge in [0.05, 0.1) is 22.2 Å². The van der Waals surface area contributed by atoms with Crippen LogP contribution in [0.15, 0.2) is 29.2 Å². The van der Waals surface area contributed by atoms with Crippen LogP contribution >= 0.6 is 11.5 Å². The molecule has 4 aromatic rings. The second-order valence-corrected chi connectivity index (χ2v) is 6.35. The summed E-state index contributed by atoms with van der Waals surface area (Å²) in [5.41, 5.74) is 2.17. The molecule has 0 radical (unpaired) electrons. The first-order valence-corrected chi connectivity index (χ1v) is 8.15. The number of fused-ring (bicyclic) bond motifs is 1. The third kappa shape index (κ3) is 2.38. The molecule has 4 rings (SSSR count). The molecule has 0 bridgehead atoms. The zero-order valence-electron chi connectivity index (χ0n) is 13.2. The summed E-state index contributed by atoms with van der Waals surface area (Å²) in [6.45, 7) is 3.84. The Hall–Kier alpha value is -3.44. The Balaban J connectivity index is 2.15. The summed E-state index contributed by atoms with van der Waals surface area (Å²) < 4.78 is 6.54. The fourth-order valence-electron chi connectivity index (χ4n) is 2.85. The van der Waals surface area contributed by atoms with Gasteiger partial charge in [0.25, 0.3) is 5.56 Å². The van der Waals surface area contributed by atoms with Crippen molar-refractivity contribution in [3.63, 3.8) is 0 Å². The van der Waals surface area contributed by atoms with Gasteiger partial charge in [-0.25, -0.2) is 0 Å². The second kappa shape index (κ2) is 5.58. The van der Waals surface area contributed by atoms with E-state index in [1.165, 1.54) is 11.5 Å². The van der Waals surface area contributed by atoms with E-state index in [0.29, 0.717) is 26.0 Å². The smallest absolute Gasteiger partial charge is 0.271 e. The highest BCUT2D eigenvalue weighted by Gasteiger charge is 2.07. The lowest BCUT2D eigenvalue weighted by Gasteiger charge is -1.95. The lowest BCUT2D eigenvalue weighted by molar-refractivity contribution is 0.968. The van der Waals surface area contributed by atoms with Gasteiger partial charge in [0.15, 0.2) is 0 Å². The van der Waals surface area contributed by atoms with Crippen LogP contribution in [-0.2, 0) is 7.05 Å². The van der Waals surface area contributed by atoms with E-state index in [0.717, 1.165) is 16.5 Å². The lowest BCUT2D eigenvalue weighted by Crippen LogP contribution is -2.22. The minimum atomic E-state index is -0.240. The van der Waals surface area contributed by atoms with Crippen LogP contribution in [0.3, 0.4) is 0 Å². The number of nitrogens with zero attached hydrogens (tertiary/aromatic N) is 4. The molecule has 2 N–H and O–H groups in total. The Bertz CT molecular complexity index is 1410. The molecule has 25 heavy (non-hydrogen) atoms. The van der Waals surface area contributed by atoms with Crippen LogP contribution in [0.1, 0.15) is 11.1 Å². The Morgan fingerprint density at radius 3 is 2.96 bits per heavy atom. The average Bonchev–Trinajstić information content (AvgIpc) is 3.27. The maximum Gasteiger partial charge on any atom is 0.271 e. The van der Waals surface area contributed by atoms with Crippen LogP contribution in [0.5, 0.6) is 0 Å². The molecule has 8 heteroatoms. The number of hydrogen-bond acceptors (Lipinski definition) is 5. The Labute approximate surface area is 144 Å². The Kier molecular flexibility index (Phi) is 3.37. The quantitative estimate of drug-likeness (QED) is 0.521. The van der Waals surface area contributed by atoms with Crippen molar-refractivity contribution < 1.29 is 0 Å². The topological polar surface area (TPSA) is 103 Å². The van der Waals surface area contributed by atoms with E-state index in [2.05, 4.69) is 32.4 Å². The predicted octanol–water partition coefficient (Wildman–Crippen LogP) is 0.444. The highest BCUT2D eigenvalue weighted by Crippen LogP contribution is 2.22. The van der Waals surface area contributed by atoms with Gasteiger partial charge in [-0.2, -0.15) is 5.26 Å². The summed E-state index contributed by atoms with van der Waals surface area (Å²) >= 11 is 1.17. The average molecular weight is 348 g/mol. The van der Waals surface area contributed by atoms with Crippen LogP contribution in [0.2, 0.25) is 0 Å².